The molecule has 18 heavy (non-hydrogen) atoms. The molecular weight excluding hydrogens is 256 g/mol. The van der Waals surface area contributed by atoms with E-state index in [2.05, 4.69) is 0 Å². The molecular formula is C11H8F4O3. The SMILES string of the molecule is O=C(O)CC(=O)Cc1cc(F)cc(C(F)(F)F)c1. The van der Waals surface area contributed by atoms with Gasteiger partial charge in [-0.3, -0.25) is 9.59 Å². The predicted octanol–water partition coefficient (Wildman–Crippen LogP) is 2.43. The summed E-state index contributed by atoms with van der Waals surface area (Å²) in [5, 5.41) is 8.33. The fraction of sp³-hybridized carbons (Fsp3) is 0.273. The number of ketones is 1. The van der Waals surface area contributed by atoms with E-state index >= 15 is 0 Å². The fourth-order valence-electron chi connectivity index (χ4n) is 1.37. The number of carbonyl (C=O) groups excluding carboxylic acids is 1. The lowest BCUT2D eigenvalue weighted by molar-refractivity contribution is -0.140. The molecule has 1 aromatic carbocycles. The smallest absolute Gasteiger partial charge is 0.416 e. The number of benzene rings is 1. The molecule has 0 aliphatic carbocycles. The van der Waals surface area contributed by atoms with Gasteiger partial charge in [-0.25, -0.2) is 4.39 Å². The standard InChI is InChI=1S/C11H8F4O3/c12-8-2-6(3-9(16)5-10(17)18)1-7(4-8)11(13,14)15/h1-2,4H,3,5H2,(H,17,18). The molecule has 98 valence electrons. The van der Waals surface area contributed by atoms with Crippen molar-refractivity contribution in [3.8, 4) is 0 Å². The number of halogens is 4. The molecule has 0 fully saturated rings. The van der Waals surface area contributed by atoms with Crippen LogP contribution in [0, 0.1) is 5.82 Å². The predicted molar refractivity (Wildman–Crippen MR) is 52.4 cm³/mol. The van der Waals surface area contributed by atoms with Crippen LogP contribution in [-0.4, -0.2) is 16.9 Å². The van der Waals surface area contributed by atoms with E-state index in [9.17, 15) is 27.2 Å². The number of alkyl halides is 3. The van der Waals surface area contributed by atoms with E-state index in [0.717, 1.165) is 6.07 Å². The van der Waals surface area contributed by atoms with Crippen LogP contribution in [0.2, 0.25) is 0 Å². The maximum absolute atomic E-state index is 12.9. The summed E-state index contributed by atoms with van der Waals surface area (Å²) in [6, 6.07) is 1.71. The maximum atomic E-state index is 12.9. The quantitative estimate of drug-likeness (QED) is 0.671. The van der Waals surface area contributed by atoms with Crippen molar-refractivity contribution in [3.63, 3.8) is 0 Å². The molecule has 0 bridgehead atoms. The van der Waals surface area contributed by atoms with Crippen molar-refractivity contribution in [1.82, 2.24) is 0 Å². The van der Waals surface area contributed by atoms with E-state index in [1.165, 1.54) is 0 Å². The Morgan fingerprint density at radius 3 is 2.28 bits per heavy atom. The zero-order valence-corrected chi connectivity index (χ0v) is 8.92. The first-order chi connectivity index (χ1) is 8.18. The Balaban J connectivity index is 2.94. The summed E-state index contributed by atoms with van der Waals surface area (Å²) in [7, 11) is 0. The molecule has 0 aliphatic heterocycles. The first-order valence-corrected chi connectivity index (χ1v) is 4.78. The summed E-state index contributed by atoms with van der Waals surface area (Å²) in [6.07, 6.45) is -6.07. The van der Waals surface area contributed by atoms with E-state index in [4.69, 9.17) is 5.11 Å². The number of hydrogen-bond acceptors (Lipinski definition) is 2. The number of rotatable bonds is 4. The van der Waals surface area contributed by atoms with E-state index in [-0.39, 0.29) is 5.56 Å². The lowest BCUT2D eigenvalue weighted by Crippen LogP contribution is -2.11. The van der Waals surface area contributed by atoms with E-state index in [0.29, 0.717) is 12.1 Å². The zero-order chi connectivity index (χ0) is 13.9. The minimum absolute atomic E-state index is 0.200. The van der Waals surface area contributed by atoms with Crippen molar-refractivity contribution in [2.24, 2.45) is 0 Å². The highest BCUT2D eigenvalue weighted by Gasteiger charge is 2.31. The lowest BCUT2D eigenvalue weighted by Gasteiger charge is -2.08. The zero-order valence-electron chi connectivity index (χ0n) is 8.92. The van der Waals surface area contributed by atoms with Gasteiger partial charge in [-0.2, -0.15) is 13.2 Å². The summed E-state index contributed by atoms with van der Waals surface area (Å²) in [6.45, 7) is 0. The van der Waals surface area contributed by atoms with Crippen LogP contribution in [0.4, 0.5) is 17.6 Å². The number of carbonyl (C=O) groups is 2. The molecule has 1 rings (SSSR count). The van der Waals surface area contributed by atoms with Crippen molar-refractivity contribution in [3.05, 3.63) is 35.1 Å². The fourth-order valence-corrected chi connectivity index (χ4v) is 1.37. The molecule has 1 aromatic rings. The van der Waals surface area contributed by atoms with Gasteiger partial charge in [-0.15, -0.1) is 0 Å². The van der Waals surface area contributed by atoms with Crippen LogP contribution in [0.25, 0.3) is 0 Å². The number of hydrogen-bond donors (Lipinski definition) is 1. The molecule has 0 unspecified atom stereocenters. The second-order valence-corrected chi connectivity index (χ2v) is 3.63. The van der Waals surface area contributed by atoms with Crippen LogP contribution < -0.4 is 0 Å². The third-order valence-corrected chi connectivity index (χ3v) is 2.03. The van der Waals surface area contributed by atoms with Crippen molar-refractivity contribution in [2.45, 2.75) is 19.0 Å². The largest absolute Gasteiger partial charge is 0.481 e. The van der Waals surface area contributed by atoms with Gasteiger partial charge < -0.3 is 5.11 Å². The molecule has 0 aliphatic rings. The summed E-state index contributed by atoms with van der Waals surface area (Å²) in [5.41, 5.74) is -1.41. The van der Waals surface area contributed by atoms with Gasteiger partial charge in [0.15, 0.2) is 0 Å². The Morgan fingerprint density at radius 2 is 1.78 bits per heavy atom. The summed E-state index contributed by atoms with van der Waals surface area (Å²) in [4.78, 5) is 21.3. The molecule has 1 N–H and O–H groups in total. The molecule has 7 heteroatoms. The van der Waals surface area contributed by atoms with Gasteiger partial charge in [0.1, 0.15) is 18.0 Å². The van der Waals surface area contributed by atoms with Gasteiger partial charge in [0, 0.05) is 6.42 Å². The van der Waals surface area contributed by atoms with Crippen LogP contribution in [0.3, 0.4) is 0 Å². The third-order valence-electron chi connectivity index (χ3n) is 2.03. The van der Waals surface area contributed by atoms with Gasteiger partial charge in [0.25, 0.3) is 0 Å². The van der Waals surface area contributed by atoms with Gasteiger partial charge in [0.2, 0.25) is 0 Å². The van der Waals surface area contributed by atoms with Gasteiger partial charge >= 0.3 is 12.1 Å². The van der Waals surface area contributed by atoms with Gasteiger partial charge in [-0.1, -0.05) is 0 Å². The Kier molecular flexibility index (Phi) is 4.05. The highest BCUT2D eigenvalue weighted by molar-refractivity contribution is 5.95. The van der Waals surface area contributed by atoms with Crippen molar-refractivity contribution in [2.75, 3.05) is 0 Å². The molecule has 0 aromatic heterocycles. The van der Waals surface area contributed by atoms with Crippen LogP contribution in [0.5, 0.6) is 0 Å². The van der Waals surface area contributed by atoms with Crippen molar-refractivity contribution >= 4 is 11.8 Å². The van der Waals surface area contributed by atoms with E-state index in [1.54, 1.807) is 0 Å². The highest BCUT2D eigenvalue weighted by Crippen LogP contribution is 2.30. The van der Waals surface area contributed by atoms with Crippen LogP contribution in [0.15, 0.2) is 18.2 Å². The Morgan fingerprint density at radius 1 is 1.17 bits per heavy atom. The molecule has 0 heterocycles. The van der Waals surface area contributed by atoms with E-state index < -0.39 is 42.2 Å². The van der Waals surface area contributed by atoms with Crippen LogP contribution in [-0.2, 0) is 22.2 Å². The normalized spacial score (nSPS) is 11.3. The average Bonchev–Trinajstić information content (AvgIpc) is 2.13. The third kappa shape index (κ3) is 4.15. The molecule has 0 radical (unpaired) electrons. The highest BCUT2D eigenvalue weighted by atomic mass is 19.4. The Labute approximate surface area is 99.0 Å². The van der Waals surface area contributed by atoms with E-state index in [1.807, 2.05) is 0 Å². The maximum Gasteiger partial charge on any atom is 0.416 e. The number of carboxylic acid groups (broad SMARTS) is 1. The lowest BCUT2D eigenvalue weighted by atomic mass is 10.0. The minimum atomic E-state index is -4.72. The van der Waals surface area contributed by atoms with Gasteiger partial charge in [0.05, 0.1) is 5.56 Å². The topological polar surface area (TPSA) is 54.4 Å². The number of carboxylic acids is 1. The second kappa shape index (κ2) is 5.16. The molecule has 0 saturated carbocycles. The monoisotopic (exact) mass is 264 g/mol. The number of aliphatic carboxylic acids is 1. The van der Waals surface area contributed by atoms with Crippen molar-refractivity contribution < 1.29 is 32.3 Å². The van der Waals surface area contributed by atoms with Crippen molar-refractivity contribution in [1.29, 1.82) is 0 Å². The first-order valence-electron chi connectivity index (χ1n) is 4.78. The number of Topliss-reactive ketones (excluding diaryl/α,β-unsaturated/α-hetero) is 1. The molecule has 0 atom stereocenters. The minimum Gasteiger partial charge on any atom is -0.481 e. The van der Waals surface area contributed by atoms with Crippen LogP contribution in [0.1, 0.15) is 17.5 Å². The first kappa shape index (κ1) is 14.1. The second-order valence-electron chi connectivity index (χ2n) is 3.63. The summed E-state index contributed by atoms with van der Waals surface area (Å²) < 4.78 is 50.0. The summed E-state index contributed by atoms with van der Waals surface area (Å²) in [5.74, 6) is -3.29. The average molecular weight is 264 g/mol. The Bertz CT molecular complexity index is 480. The van der Waals surface area contributed by atoms with Gasteiger partial charge in [-0.05, 0) is 23.8 Å². The molecule has 0 amide bonds. The molecule has 3 nitrogen and oxygen atoms in total. The molecule has 0 spiro atoms. The molecule has 0 saturated heterocycles. The summed E-state index contributed by atoms with van der Waals surface area (Å²) >= 11 is 0. The Hall–Kier alpha value is -1.92. The van der Waals surface area contributed by atoms with Crippen LogP contribution >= 0.6 is 0 Å².